The minimum absolute atomic E-state index is 0.594. The summed E-state index contributed by atoms with van der Waals surface area (Å²) in [6.45, 7) is 7.76. The van der Waals surface area contributed by atoms with E-state index in [2.05, 4.69) is 24.8 Å². The van der Waals surface area contributed by atoms with Gasteiger partial charge in [0, 0.05) is 18.8 Å². The number of anilines is 1. The van der Waals surface area contributed by atoms with E-state index < -0.39 is 0 Å². The summed E-state index contributed by atoms with van der Waals surface area (Å²) < 4.78 is 5.49. The van der Waals surface area contributed by atoms with Gasteiger partial charge in [0.15, 0.2) is 0 Å². The van der Waals surface area contributed by atoms with Crippen molar-refractivity contribution in [2.45, 2.75) is 44.6 Å². The molecule has 0 aromatic carbocycles. The van der Waals surface area contributed by atoms with Gasteiger partial charge in [-0.15, -0.1) is 11.8 Å². The Morgan fingerprint density at radius 1 is 1.22 bits per heavy atom. The van der Waals surface area contributed by atoms with E-state index >= 15 is 0 Å². The number of pyridine rings is 1. The summed E-state index contributed by atoms with van der Waals surface area (Å²) in [4.78, 5) is 7.32. The van der Waals surface area contributed by atoms with Crippen LogP contribution >= 0.6 is 11.8 Å². The third-order valence-electron chi connectivity index (χ3n) is 4.44. The molecule has 1 aromatic rings. The van der Waals surface area contributed by atoms with Crippen molar-refractivity contribution >= 4 is 17.6 Å². The van der Waals surface area contributed by atoms with E-state index in [1.54, 1.807) is 11.8 Å². The van der Waals surface area contributed by atoms with Crippen molar-refractivity contribution in [3.05, 3.63) is 16.7 Å². The van der Waals surface area contributed by atoms with Crippen molar-refractivity contribution in [1.82, 2.24) is 4.98 Å². The molecule has 0 N–H and O–H groups in total. The highest BCUT2D eigenvalue weighted by Gasteiger charge is 2.26. The molecule has 3 rings (SSSR count). The molecule has 0 unspecified atom stereocenters. The Balaban J connectivity index is 2.03. The van der Waals surface area contributed by atoms with Crippen molar-refractivity contribution in [3.8, 4) is 6.07 Å². The first-order chi connectivity index (χ1) is 11.2. The zero-order valence-corrected chi connectivity index (χ0v) is 14.9. The fourth-order valence-electron chi connectivity index (χ4n) is 3.28. The SMILES string of the molecule is CC(C)CSc1nc(N2CCOCC2)c2c(c1C#N)CCCC2. The maximum Gasteiger partial charge on any atom is 0.133 e. The Kier molecular flexibility index (Phi) is 5.45. The van der Waals surface area contributed by atoms with Crippen LogP contribution in [0.3, 0.4) is 0 Å². The molecule has 1 aromatic heterocycles. The predicted octanol–water partition coefficient (Wildman–Crippen LogP) is 3.42. The number of ether oxygens (including phenoxy) is 1. The molecule has 0 bridgehead atoms. The largest absolute Gasteiger partial charge is 0.378 e. The number of hydrogen-bond acceptors (Lipinski definition) is 5. The number of nitriles is 1. The molecule has 124 valence electrons. The van der Waals surface area contributed by atoms with Crippen LogP contribution < -0.4 is 4.90 Å². The molecule has 0 atom stereocenters. The van der Waals surface area contributed by atoms with E-state index in [1.807, 2.05) is 0 Å². The molecule has 0 radical (unpaired) electrons. The zero-order valence-electron chi connectivity index (χ0n) is 14.1. The van der Waals surface area contributed by atoms with Crippen LogP contribution in [-0.2, 0) is 17.6 Å². The average Bonchev–Trinajstić information content (AvgIpc) is 2.59. The number of aromatic nitrogens is 1. The first-order valence-corrected chi connectivity index (χ1v) is 9.60. The molecule has 0 spiro atoms. The lowest BCUT2D eigenvalue weighted by atomic mass is 9.89. The average molecular weight is 331 g/mol. The summed E-state index contributed by atoms with van der Waals surface area (Å²) in [7, 11) is 0. The maximum absolute atomic E-state index is 9.70. The van der Waals surface area contributed by atoms with Crippen molar-refractivity contribution < 1.29 is 4.74 Å². The zero-order chi connectivity index (χ0) is 16.2. The van der Waals surface area contributed by atoms with Crippen LogP contribution in [0.5, 0.6) is 0 Å². The van der Waals surface area contributed by atoms with Crippen molar-refractivity contribution in [2.75, 3.05) is 37.0 Å². The van der Waals surface area contributed by atoms with Crippen LogP contribution in [0.25, 0.3) is 0 Å². The number of nitrogens with zero attached hydrogens (tertiary/aromatic N) is 3. The van der Waals surface area contributed by atoms with Crippen LogP contribution in [0.15, 0.2) is 5.03 Å². The number of hydrogen-bond donors (Lipinski definition) is 0. The molecule has 23 heavy (non-hydrogen) atoms. The fourth-order valence-corrected chi connectivity index (χ4v) is 4.23. The predicted molar refractivity (Wildman–Crippen MR) is 94.2 cm³/mol. The van der Waals surface area contributed by atoms with E-state index in [4.69, 9.17) is 9.72 Å². The van der Waals surface area contributed by atoms with E-state index in [-0.39, 0.29) is 0 Å². The fraction of sp³-hybridized carbons (Fsp3) is 0.667. The molecule has 0 amide bonds. The summed E-state index contributed by atoms with van der Waals surface area (Å²) >= 11 is 1.74. The molecule has 2 aliphatic rings. The van der Waals surface area contributed by atoms with Gasteiger partial charge in [0.25, 0.3) is 0 Å². The van der Waals surface area contributed by atoms with Gasteiger partial charge in [0.1, 0.15) is 16.9 Å². The second-order valence-corrected chi connectivity index (χ2v) is 7.70. The van der Waals surface area contributed by atoms with Gasteiger partial charge in [-0.1, -0.05) is 13.8 Å². The molecule has 1 aliphatic carbocycles. The molecule has 2 heterocycles. The molecular weight excluding hydrogens is 306 g/mol. The third kappa shape index (κ3) is 3.64. The molecule has 5 heteroatoms. The summed E-state index contributed by atoms with van der Waals surface area (Å²) in [5, 5.41) is 10.6. The highest BCUT2D eigenvalue weighted by molar-refractivity contribution is 7.99. The van der Waals surface area contributed by atoms with Gasteiger partial charge in [0.05, 0.1) is 18.8 Å². The van der Waals surface area contributed by atoms with E-state index in [0.29, 0.717) is 5.92 Å². The lowest BCUT2D eigenvalue weighted by molar-refractivity contribution is 0.122. The number of rotatable bonds is 4. The summed E-state index contributed by atoms with van der Waals surface area (Å²) in [5.41, 5.74) is 3.42. The van der Waals surface area contributed by atoms with Crippen LogP contribution in [0.2, 0.25) is 0 Å². The molecular formula is C18H25N3OS. The van der Waals surface area contributed by atoms with Crippen LogP contribution in [0, 0.1) is 17.2 Å². The first kappa shape index (κ1) is 16.6. The normalized spacial score (nSPS) is 17.9. The monoisotopic (exact) mass is 331 g/mol. The molecule has 0 saturated carbocycles. The van der Waals surface area contributed by atoms with Crippen LogP contribution in [0.4, 0.5) is 5.82 Å². The topological polar surface area (TPSA) is 49.2 Å². The van der Waals surface area contributed by atoms with Crippen molar-refractivity contribution in [3.63, 3.8) is 0 Å². The van der Waals surface area contributed by atoms with Gasteiger partial charge in [-0.25, -0.2) is 4.98 Å². The van der Waals surface area contributed by atoms with Gasteiger partial charge < -0.3 is 9.64 Å². The second-order valence-electron chi connectivity index (χ2n) is 6.70. The van der Waals surface area contributed by atoms with Gasteiger partial charge in [-0.3, -0.25) is 0 Å². The molecule has 1 saturated heterocycles. The lowest BCUT2D eigenvalue weighted by Crippen LogP contribution is -2.38. The van der Waals surface area contributed by atoms with Crippen LogP contribution in [0.1, 0.15) is 43.4 Å². The standard InChI is InChI=1S/C18H25N3OS/c1-13(2)12-23-18-16(11-19)14-5-3-4-6-15(14)17(20-18)21-7-9-22-10-8-21/h13H,3-10,12H2,1-2H3. The Labute approximate surface area is 143 Å². The second kappa shape index (κ2) is 7.55. The Morgan fingerprint density at radius 2 is 1.91 bits per heavy atom. The quantitative estimate of drug-likeness (QED) is 0.791. The smallest absolute Gasteiger partial charge is 0.133 e. The number of thioether (sulfide) groups is 1. The minimum Gasteiger partial charge on any atom is -0.378 e. The Morgan fingerprint density at radius 3 is 2.57 bits per heavy atom. The maximum atomic E-state index is 9.70. The summed E-state index contributed by atoms with van der Waals surface area (Å²) in [6, 6.07) is 2.45. The third-order valence-corrected chi connectivity index (χ3v) is 5.84. The lowest BCUT2D eigenvalue weighted by Gasteiger charge is -2.32. The van der Waals surface area contributed by atoms with E-state index in [9.17, 15) is 5.26 Å². The molecule has 1 aliphatic heterocycles. The number of fused-ring (bicyclic) bond motifs is 1. The van der Waals surface area contributed by atoms with E-state index in [1.165, 1.54) is 24.0 Å². The van der Waals surface area contributed by atoms with E-state index in [0.717, 1.165) is 61.3 Å². The van der Waals surface area contributed by atoms with Crippen LogP contribution in [-0.4, -0.2) is 37.0 Å². The highest BCUT2D eigenvalue weighted by atomic mass is 32.2. The van der Waals surface area contributed by atoms with Gasteiger partial charge in [-0.2, -0.15) is 5.26 Å². The highest BCUT2D eigenvalue weighted by Crippen LogP contribution is 2.36. The minimum atomic E-state index is 0.594. The summed E-state index contributed by atoms with van der Waals surface area (Å²) in [5.74, 6) is 2.72. The van der Waals surface area contributed by atoms with Gasteiger partial charge >= 0.3 is 0 Å². The Hall–Kier alpha value is -1.25. The first-order valence-electron chi connectivity index (χ1n) is 8.62. The summed E-state index contributed by atoms with van der Waals surface area (Å²) in [6.07, 6.45) is 4.46. The van der Waals surface area contributed by atoms with Gasteiger partial charge in [0.2, 0.25) is 0 Å². The number of morpholine rings is 1. The Bertz CT molecular complexity index is 603. The molecule has 4 nitrogen and oxygen atoms in total. The van der Waals surface area contributed by atoms with Crippen molar-refractivity contribution in [2.24, 2.45) is 5.92 Å². The molecule has 1 fully saturated rings. The van der Waals surface area contributed by atoms with Crippen molar-refractivity contribution in [1.29, 1.82) is 5.26 Å². The van der Waals surface area contributed by atoms with Gasteiger partial charge in [-0.05, 0) is 42.7 Å².